The number of hydrogen-bond donors (Lipinski definition) is 3. The van der Waals surface area contributed by atoms with Gasteiger partial charge in [-0.2, -0.15) is 0 Å². The van der Waals surface area contributed by atoms with Gasteiger partial charge in [-0.05, 0) is 24.3 Å². The summed E-state index contributed by atoms with van der Waals surface area (Å²) in [5, 5.41) is 11.7. The van der Waals surface area contributed by atoms with Crippen LogP contribution in [0.5, 0.6) is 0 Å². The molecule has 0 saturated carbocycles. The van der Waals surface area contributed by atoms with Gasteiger partial charge in [-0.25, -0.2) is 19.6 Å². The molecule has 0 aliphatic heterocycles. The molecule has 3 aromatic rings. The van der Waals surface area contributed by atoms with Gasteiger partial charge in [-0.3, -0.25) is 4.79 Å². The third-order valence-electron chi connectivity index (χ3n) is 3.48. The lowest BCUT2D eigenvalue weighted by Crippen LogP contribution is -2.12. The van der Waals surface area contributed by atoms with E-state index in [2.05, 4.69) is 25.0 Å². The summed E-state index contributed by atoms with van der Waals surface area (Å²) >= 11 is 0. The Morgan fingerprint density at radius 3 is 2.44 bits per heavy atom. The van der Waals surface area contributed by atoms with Crippen molar-refractivity contribution in [2.75, 3.05) is 12.4 Å². The molecule has 9 nitrogen and oxygen atoms in total. The van der Waals surface area contributed by atoms with Crippen molar-refractivity contribution >= 4 is 34.6 Å². The van der Waals surface area contributed by atoms with Gasteiger partial charge < -0.3 is 20.1 Å². The second-order valence-corrected chi connectivity index (χ2v) is 4.98. The van der Waals surface area contributed by atoms with E-state index >= 15 is 0 Å². The molecule has 1 amide bonds. The number of aromatic amines is 1. The monoisotopic (exact) mass is 340 g/mol. The van der Waals surface area contributed by atoms with Gasteiger partial charge in [0.1, 0.15) is 17.4 Å². The Morgan fingerprint density at radius 2 is 1.80 bits per heavy atom. The number of H-pyrrole nitrogens is 1. The van der Waals surface area contributed by atoms with E-state index in [1.165, 1.54) is 37.6 Å². The lowest BCUT2D eigenvalue weighted by atomic mass is 10.1. The van der Waals surface area contributed by atoms with Gasteiger partial charge in [0.05, 0.1) is 18.4 Å². The number of amides is 1. The van der Waals surface area contributed by atoms with Crippen LogP contribution in [0.4, 0.5) is 5.69 Å². The van der Waals surface area contributed by atoms with Gasteiger partial charge in [-0.15, -0.1) is 0 Å². The molecule has 0 aliphatic rings. The van der Waals surface area contributed by atoms with Gasteiger partial charge in [0.2, 0.25) is 0 Å². The topological polar surface area (TPSA) is 134 Å². The summed E-state index contributed by atoms with van der Waals surface area (Å²) in [6.45, 7) is 0. The zero-order valence-electron chi connectivity index (χ0n) is 12.9. The number of anilines is 1. The van der Waals surface area contributed by atoms with Crippen LogP contribution in [0, 0.1) is 0 Å². The van der Waals surface area contributed by atoms with Crippen molar-refractivity contribution in [1.29, 1.82) is 0 Å². The zero-order valence-corrected chi connectivity index (χ0v) is 12.9. The Bertz CT molecular complexity index is 978. The number of ether oxygens (including phenoxy) is 1. The highest BCUT2D eigenvalue weighted by molar-refractivity contribution is 6.10. The van der Waals surface area contributed by atoms with Crippen molar-refractivity contribution in [3.63, 3.8) is 0 Å². The van der Waals surface area contributed by atoms with E-state index < -0.39 is 17.8 Å². The van der Waals surface area contributed by atoms with Crippen molar-refractivity contribution in [2.24, 2.45) is 0 Å². The first-order valence-corrected chi connectivity index (χ1v) is 7.06. The number of aromatic nitrogens is 3. The molecule has 126 valence electrons. The smallest absolute Gasteiger partial charge is 0.356 e. The predicted octanol–water partition coefficient (Wildman–Crippen LogP) is 1.69. The van der Waals surface area contributed by atoms with Crippen LogP contribution in [-0.4, -0.2) is 45.0 Å². The first-order chi connectivity index (χ1) is 12.0. The number of nitrogens with one attached hydrogen (secondary N) is 2. The van der Waals surface area contributed by atoms with Crippen molar-refractivity contribution in [3.8, 4) is 0 Å². The summed E-state index contributed by atoms with van der Waals surface area (Å²) in [5.74, 6) is -2.14. The Balaban J connectivity index is 1.86. The van der Waals surface area contributed by atoms with Crippen LogP contribution in [0.1, 0.15) is 31.2 Å². The first-order valence-electron chi connectivity index (χ1n) is 7.06. The Labute approximate surface area is 140 Å². The van der Waals surface area contributed by atoms with E-state index in [4.69, 9.17) is 5.11 Å². The van der Waals surface area contributed by atoms with Gasteiger partial charge in [0.25, 0.3) is 5.91 Å². The van der Waals surface area contributed by atoms with E-state index in [9.17, 15) is 14.4 Å². The molecule has 0 atom stereocenters. The fraction of sp³-hybridized carbons (Fsp3) is 0.0625. The molecule has 1 aromatic carbocycles. The van der Waals surface area contributed by atoms with E-state index in [1.807, 2.05) is 0 Å². The molecular weight excluding hydrogens is 328 g/mol. The molecule has 0 unspecified atom stereocenters. The number of carboxylic acids is 1. The van der Waals surface area contributed by atoms with E-state index in [0.717, 1.165) is 6.33 Å². The molecule has 0 bridgehead atoms. The highest BCUT2D eigenvalue weighted by Gasteiger charge is 2.17. The molecule has 0 radical (unpaired) electrons. The van der Waals surface area contributed by atoms with Crippen molar-refractivity contribution in [1.82, 2.24) is 15.0 Å². The number of esters is 1. The number of nitrogens with zero attached hydrogens (tertiary/aromatic N) is 2. The molecule has 3 rings (SSSR count). The molecule has 3 N–H and O–H groups in total. The second-order valence-electron chi connectivity index (χ2n) is 4.98. The van der Waals surface area contributed by atoms with Crippen LogP contribution < -0.4 is 5.32 Å². The summed E-state index contributed by atoms with van der Waals surface area (Å²) in [4.78, 5) is 45.3. The van der Waals surface area contributed by atoms with Crippen LogP contribution in [0.15, 0.2) is 36.8 Å². The summed E-state index contributed by atoms with van der Waals surface area (Å²) < 4.78 is 4.59. The second kappa shape index (κ2) is 6.40. The number of rotatable bonds is 4. The summed E-state index contributed by atoms with van der Waals surface area (Å²) in [6.07, 6.45) is 2.55. The maximum Gasteiger partial charge on any atom is 0.356 e. The van der Waals surface area contributed by atoms with Gasteiger partial charge in [-0.1, -0.05) is 0 Å². The maximum absolute atomic E-state index is 12.3. The number of fused-ring (bicyclic) bond motifs is 1. The normalized spacial score (nSPS) is 10.4. The van der Waals surface area contributed by atoms with E-state index in [-0.39, 0.29) is 16.7 Å². The van der Waals surface area contributed by atoms with Gasteiger partial charge >= 0.3 is 11.9 Å². The number of aromatic carboxylic acids is 1. The van der Waals surface area contributed by atoms with Crippen LogP contribution in [0.25, 0.3) is 11.0 Å². The molecule has 2 aromatic heterocycles. The molecule has 25 heavy (non-hydrogen) atoms. The minimum Gasteiger partial charge on any atom is -0.476 e. The average Bonchev–Trinajstić information content (AvgIpc) is 3.04. The quantitative estimate of drug-likeness (QED) is 0.615. The Hall–Kier alpha value is -3.75. The Morgan fingerprint density at radius 1 is 1.12 bits per heavy atom. The summed E-state index contributed by atoms with van der Waals surface area (Å²) in [5.41, 5.74) is 1.27. The Kier molecular flexibility index (Phi) is 4.12. The lowest BCUT2D eigenvalue weighted by molar-refractivity contribution is 0.0599. The van der Waals surface area contributed by atoms with Gasteiger partial charge in [0, 0.05) is 11.8 Å². The average molecular weight is 340 g/mol. The molecule has 0 spiro atoms. The van der Waals surface area contributed by atoms with Crippen molar-refractivity contribution in [3.05, 3.63) is 53.6 Å². The fourth-order valence-corrected chi connectivity index (χ4v) is 2.27. The summed E-state index contributed by atoms with van der Waals surface area (Å²) in [6, 6.07) is 5.91. The fourth-order valence-electron chi connectivity index (χ4n) is 2.27. The van der Waals surface area contributed by atoms with Crippen LogP contribution >= 0.6 is 0 Å². The molecule has 0 saturated heterocycles. The van der Waals surface area contributed by atoms with Crippen molar-refractivity contribution in [2.45, 2.75) is 0 Å². The summed E-state index contributed by atoms with van der Waals surface area (Å²) in [7, 11) is 1.27. The molecule has 9 heteroatoms. The van der Waals surface area contributed by atoms with Crippen LogP contribution in [0.2, 0.25) is 0 Å². The van der Waals surface area contributed by atoms with E-state index in [1.54, 1.807) is 0 Å². The molecule has 0 fully saturated rings. The zero-order chi connectivity index (χ0) is 18.0. The standard InChI is InChI=1S/C16H12N4O5/c1-25-16(24)9-4-2-8(3-5-9)14(21)20-10-6-17-12-11(10)18-7-19-13(12)15(22)23/h2-7,17H,1H3,(H,20,21)(H,22,23). The highest BCUT2D eigenvalue weighted by atomic mass is 16.5. The predicted molar refractivity (Wildman–Crippen MR) is 86.6 cm³/mol. The SMILES string of the molecule is COC(=O)c1ccc(C(=O)Nc2c[nH]c3c(C(=O)O)ncnc23)cc1. The van der Waals surface area contributed by atoms with Crippen LogP contribution in [0.3, 0.4) is 0 Å². The van der Waals surface area contributed by atoms with Crippen molar-refractivity contribution < 1.29 is 24.2 Å². The maximum atomic E-state index is 12.3. The number of carbonyl (C=O) groups excluding carboxylic acids is 2. The molecular formula is C16H12N4O5. The van der Waals surface area contributed by atoms with Crippen LogP contribution in [-0.2, 0) is 4.74 Å². The highest BCUT2D eigenvalue weighted by Crippen LogP contribution is 2.23. The number of methoxy groups -OCH3 is 1. The number of hydrogen-bond acceptors (Lipinski definition) is 6. The number of carbonyl (C=O) groups is 3. The van der Waals surface area contributed by atoms with Gasteiger partial charge in [0.15, 0.2) is 5.69 Å². The largest absolute Gasteiger partial charge is 0.476 e. The lowest BCUT2D eigenvalue weighted by Gasteiger charge is -2.05. The molecule has 2 heterocycles. The number of carboxylic acid groups (broad SMARTS) is 1. The number of benzene rings is 1. The third kappa shape index (κ3) is 3.02. The first kappa shape index (κ1) is 16.1. The molecule has 0 aliphatic carbocycles. The minimum absolute atomic E-state index is 0.187. The van der Waals surface area contributed by atoms with E-state index in [0.29, 0.717) is 16.8 Å². The minimum atomic E-state index is -1.20. The third-order valence-corrected chi connectivity index (χ3v) is 3.48.